The van der Waals surface area contributed by atoms with E-state index in [4.69, 9.17) is 10.5 Å². The molecule has 2 N–H and O–H groups in total. The van der Waals surface area contributed by atoms with Crippen LogP contribution in [0.1, 0.15) is 25.8 Å². The summed E-state index contributed by atoms with van der Waals surface area (Å²) in [6.07, 6.45) is 1.15. The van der Waals surface area contributed by atoms with E-state index in [0.29, 0.717) is 12.5 Å². The van der Waals surface area contributed by atoms with E-state index in [9.17, 15) is 0 Å². The van der Waals surface area contributed by atoms with Gasteiger partial charge in [-0.05, 0) is 23.6 Å². The fourth-order valence-electron chi connectivity index (χ4n) is 1.08. The van der Waals surface area contributed by atoms with Crippen LogP contribution < -0.4 is 10.5 Å². The third-order valence-corrected chi connectivity index (χ3v) is 2.39. The molecular weight excluding hydrogens is 174 g/mol. The van der Waals surface area contributed by atoms with Crippen LogP contribution in [0.15, 0.2) is 24.3 Å². The van der Waals surface area contributed by atoms with Crippen LogP contribution in [0.4, 0.5) is 0 Å². The second kappa shape index (κ2) is 5.66. The van der Waals surface area contributed by atoms with Crippen molar-refractivity contribution in [1.82, 2.24) is 0 Å². The van der Waals surface area contributed by atoms with Gasteiger partial charge in [-0.2, -0.15) is 0 Å². The summed E-state index contributed by atoms with van der Waals surface area (Å²) >= 11 is 0. The Bertz CT molecular complexity index is 256. The molecule has 1 atom stereocenters. The molecule has 0 spiro atoms. The molecule has 2 nitrogen and oxygen atoms in total. The lowest BCUT2D eigenvalue weighted by atomic mass is 10.1. The van der Waals surface area contributed by atoms with Gasteiger partial charge in [0.25, 0.3) is 0 Å². The van der Waals surface area contributed by atoms with E-state index in [-0.39, 0.29) is 0 Å². The maximum Gasteiger partial charge on any atom is 0.119 e. The van der Waals surface area contributed by atoms with E-state index in [0.717, 1.165) is 24.3 Å². The Morgan fingerprint density at radius 1 is 1.29 bits per heavy atom. The fourth-order valence-corrected chi connectivity index (χ4v) is 1.08. The topological polar surface area (TPSA) is 35.2 Å². The number of nitrogens with two attached hydrogens (primary N) is 1. The van der Waals surface area contributed by atoms with Crippen molar-refractivity contribution in [3.05, 3.63) is 29.8 Å². The molecule has 0 amide bonds. The summed E-state index contributed by atoms with van der Waals surface area (Å²) in [7, 11) is 0. The van der Waals surface area contributed by atoms with Crippen molar-refractivity contribution >= 4 is 0 Å². The first-order valence-electron chi connectivity index (χ1n) is 5.18. The first-order valence-corrected chi connectivity index (χ1v) is 5.18. The third kappa shape index (κ3) is 3.38. The van der Waals surface area contributed by atoms with Crippen LogP contribution in [0.5, 0.6) is 5.75 Å². The number of ether oxygens (including phenoxy) is 1. The zero-order valence-electron chi connectivity index (χ0n) is 8.99. The molecule has 2 heteroatoms. The van der Waals surface area contributed by atoms with Gasteiger partial charge in [0, 0.05) is 6.54 Å². The van der Waals surface area contributed by atoms with Crippen molar-refractivity contribution in [2.24, 2.45) is 11.7 Å². The highest BCUT2D eigenvalue weighted by Crippen LogP contribution is 2.13. The second-order valence-electron chi connectivity index (χ2n) is 3.67. The molecular formula is C12H19NO. The maximum atomic E-state index is 5.62. The van der Waals surface area contributed by atoms with Crippen molar-refractivity contribution in [3.63, 3.8) is 0 Å². The zero-order valence-corrected chi connectivity index (χ0v) is 8.99. The standard InChI is InChI=1S/C12H19NO/c1-3-10(2)9-14-12-6-4-11(8-13)5-7-12/h4-7,10H,3,8-9,13H2,1-2H3. The minimum absolute atomic E-state index is 0.589. The first kappa shape index (κ1) is 11.1. The summed E-state index contributed by atoms with van der Waals surface area (Å²) in [4.78, 5) is 0. The molecule has 0 aliphatic rings. The Morgan fingerprint density at radius 3 is 2.43 bits per heavy atom. The summed E-state index contributed by atoms with van der Waals surface area (Å²) in [5.74, 6) is 1.55. The summed E-state index contributed by atoms with van der Waals surface area (Å²) in [5, 5.41) is 0. The highest BCUT2D eigenvalue weighted by Gasteiger charge is 1.99. The van der Waals surface area contributed by atoms with Gasteiger partial charge in [0.2, 0.25) is 0 Å². The van der Waals surface area contributed by atoms with Crippen LogP contribution in [-0.4, -0.2) is 6.61 Å². The molecule has 1 aromatic rings. The van der Waals surface area contributed by atoms with E-state index in [1.807, 2.05) is 24.3 Å². The Labute approximate surface area is 86.1 Å². The van der Waals surface area contributed by atoms with Crippen molar-refractivity contribution in [2.75, 3.05) is 6.61 Å². The van der Waals surface area contributed by atoms with E-state index in [1.165, 1.54) is 0 Å². The van der Waals surface area contributed by atoms with Crippen LogP contribution in [-0.2, 0) is 6.54 Å². The van der Waals surface area contributed by atoms with Gasteiger partial charge in [0.05, 0.1) is 6.61 Å². The van der Waals surface area contributed by atoms with Crippen molar-refractivity contribution in [1.29, 1.82) is 0 Å². The van der Waals surface area contributed by atoms with Gasteiger partial charge < -0.3 is 10.5 Å². The van der Waals surface area contributed by atoms with Gasteiger partial charge in [-0.15, -0.1) is 0 Å². The quantitative estimate of drug-likeness (QED) is 0.780. The molecule has 0 aliphatic heterocycles. The molecule has 1 aromatic carbocycles. The van der Waals surface area contributed by atoms with Gasteiger partial charge in [-0.3, -0.25) is 0 Å². The summed E-state index contributed by atoms with van der Waals surface area (Å²) in [6.45, 7) is 5.74. The predicted octanol–water partition coefficient (Wildman–Crippen LogP) is 2.57. The van der Waals surface area contributed by atoms with E-state index in [1.54, 1.807) is 0 Å². The SMILES string of the molecule is CCC(C)COc1ccc(CN)cc1. The third-order valence-electron chi connectivity index (χ3n) is 2.39. The van der Waals surface area contributed by atoms with Crippen LogP contribution in [0.25, 0.3) is 0 Å². The lowest BCUT2D eigenvalue weighted by molar-refractivity contribution is 0.256. The lowest BCUT2D eigenvalue weighted by Crippen LogP contribution is -2.07. The molecule has 0 aliphatic carbocycles. The Hall–Kier alpha value is -1.02. The molecule has 0 radical (unpaired) electrons. The molecule has 0 saturated carbocycles. The lowest BCUT2D eigenvalue weighted by Gasteiger charge is -2.10. The van der Waals surface area contributed by atoms with Crippen LogP contribution in [0, 0.1) is 5.92 Å². The van der Waals surface area contributed by atoms with Crippen molar-refractivity contribution < 1.29 is 4.74 Å². The van der Waals surface area contributed by atoms with E-state index in [2.05, 4.69) is 13.8 Å². The molecule has 0 heterocycles. The van der Waals surface area contributed by atoms with E-state index < -0.39 is 0 Å². The summed E-state index contributed by atoms with van der Waals surface area (Å²) in [5.41, 5.74) is 6.64. The molecule has 78 valence electrons. The largest absolute Gasteiger partial charge is 0.493 e. The number of benzene rings is 1. The monoisotopic (exact) mass is 193 g/mol. The molecule has 1 rings (SSSR count). The minimum Gasteiger partial charge on any atom is -0.493 e. The van der Waals surface area contributed by atoms with Gasteiger partial charge in [0.1, 0.15) is 5.75 Å². The highest BCUT2D eigenvalue weighted by atomic mass is 16.5. The average Bonchev–Trinajstić information content (AvgIpc) is 2.26. The molecule has 14 heavy (non-hydrogen) atoms. The summed E-state index contributed by atoms with van der Waals surface area (Å²) in [6, 6.07) is 7.97. The molecule has 0 fully saturated rings. The number of rotatable bonds is 5. The van der Waals surface area contributed by atoms with E-state index >= 15 is 0 Å². The Kier molecular flexibility index (Phi) is 4.47. The highest BCUT2D eigenvalue weighted by molar-refractivity contribution is 5.27. The van der Waals surface area contributed by atoms with Crippen molar-refractivity contribution in [3.8, 4) is 5.75 Å². The Balaban J connectivity index is 2.43. The van der Waals surface area contributed by atoms with Gasteiger partial charge in [-0.1, -0.05) is 32.4 Å². The Morgan fingerprint density at radius 2 is 1.93 bits per heavy atom. The summed E-state index contributed by atoms with van der Waals surface area (Å²) < 4.78 is 5.62. The van der Waals surface area contributed by atoms with Gasteiger partial charge in [-0.25, -0.2) is 0 Å². The number of hydrogen-bond acceptors (Lipinski definition) is 2. The fraction of sp³-hybridized carbons (Fsp3) is 0.500. The maximum absolute atomic E-state index is 5.62. The predicted molar refractivity (Wildman–Crippen MR) is 59.3 cm³/mol. The van der Waals surface area contributed by atoms with Gasteiger partial charge in [0.15, 0.2) is 0 Å². The van der Waals surface area contributed by atoms with Crippen LogP contribution in [0.2, 0.25) is 0 Å². The van der Waals surface area contributed by atoms with Crippen LogP contribution in [0.3, 0.4) is 0 Å². The average molecular weight is 193 g/mol. The van der Waals surface area contributed by atoms with Crippen LogP contribution >= 0.6 is 0 Å². The smallest absolute Gasteiger partial charge is 0.119 e. The molecule has 1 unspecified atom stereocenters. The molecule has 0 aromatic heterocycles. The molecule has 0 bridgehead atoms. The first-order chi connectivity index (χ1) is 6.76. The minimum atomic E-state index is 0.589. The van der Waals surface area contributed by atoms with Gasteiger partial charge >= 0.3 is 0 Å². The normalized spacial score (nSPS) is 12.5. The molecule has 0 saturated heterocycles. The second-order valence-corrected chi connectivity index (χ2v) is 3.67. The number of hydrogen-bond donors (Lipinski definition) is 1. The zero-order chi connectivity index (χ0) is 10.4. The van der Waals surface area contributed by atoms with Crippen molar-refractivity contribution in [2.45, 2.75) is 26.8 Å².